The van der Waals surface area contributed by atoms with Gasteiger partial charge in [0.25, 0.3) is 0 Å². The van der Waals surface area contributed by atoms with E-state index in [0.717, 1.165) is 0 Å². The predicted molar refractivity (Wildman–Crippen MR) is 55.3 cm³/mol. The van der Waals surface area contributed by atoms with E-state index in [1.807, 2.05) is 32.0 Å². The summed E-state index contributed by atoms with van der Waals surface area (Å²) < 4.78 is 0. The number of hydrogen-bond donors (Lipinski definition) is 1. The van der Waals surface area contributed by atoms with Crippen LogP contribution in [0.3, 0.4) is 0 Å². The molecule has 0 unspecified atom stereocenters. The number of rotatable bonds is 0. The number of amides is 1. The average molecular weight is 182 g/mol. The molecule has 0 spiro atoms. The monoisotopic (exact) mass is 182 g/mol. The van der Waals surface area contributed by atoms with Crippen molar-refractivity contribution in [2.24, 2.45) is 0 Å². The zero-order valence-corrected chi connectivity index (χ0v) is 8.74. The van der Waals surface area contributed by atoms with Gasteiger partial charge in [-0.05, 0) is 12.1 Å². The van der Waals surface area contributed by atoms with E-state index in [1.165, 1.54) is 6.92 Å². The second-order valence-corrected chi connectivity index (χ2v) is 1.83. The summed E-state index contributed by atoms with van der Waals surface area (Å²) in [7, 11) is 1.60. The summed E-state index contributed by atoms with van der Waals surface area (Å²) in [6.45, 7) is 5.47. The van der Waals surface area contributed by atoms with Gasteiger partial charge in [-0.15, -0.1) is 0 Å². The molecule has 0 aromatic carbocycles. The lowest BCUT2D eigenvalue weighted by atomic mass is 10.5. The van der Waals surface area contributed by atoms with Crippen molar-refractivity contribution in [2.75, 3.05) is 7.05 Å². The van der Waals surface area contributed by atoms with E-state index in [2.05, 4.69) is 10.3 Å². The Bertz CT molecular complexity index is 161. The highest BCUT2D eigenvalue weighted by Gasteiger charge is 1.72. The lowest BCUT2D eigenvalue weighted by molar-refractivity contribution is -0.118. The molecular weight excluding hydrogens is 164 g/mol. The molecule has 0 radical (unpaired) electrons. The molecule has 0 bridgehead atoms. The van der Waals surface area contributed by atoms with Crippen molar-refractivity contribution in [3.05, 3.63) is 30.6 Å². The summed E-state index contributed by atoms with van der Waals surface area (Å²) in [4.78, 5) is 13.5. The van der Waals surface area contributed by atoms with E-state index in [-0.39, 0.29) is 5.91 Å². The summed E-state index contributed by atoms with van der Waals surface area (Å²) in [5.41, 5.74) is 0. The fourth-order valence-electron chi connectivity index (χ4n) is 0.313. The van der Waals surface area contributed by atoms with E-state index < -0.39 is 0 Å². The standard InChI is InChI=1S/C5H5N.C3H7NO.C2H6/c1-2-4-6-5-3-1;1-3(5)4-2;1-2/h1-5H;1-2H3,(H,4,5);1-2H3. The van der Waals surface area contributed by atoms with Crippen molar-refractivity contribution in [1.29, 1.82) is 0 Å². The van der Waals surface area contributed by atoms with Crippen LogP contribution in [-0.4, -0.2) is 17.9 Å². The lowest BCUT2D eigenvalue weighted by Crippen LogP contribution is -2.11. The minimum absolute atomic E-state index is 0.00463. The maximum atomic E-state index is 9.70. The fraction of sp³-hybridized carbons (Fsp3) is 0.400. The van der Waals surface area contributed by atoms with Gasteiger partial charge in [-0.2, -0.15) is 0 Å². The second kappa shape index (κ2) is 13.2. The maximum absolute atomic E-state index is 9.70. The first-order chi connectivity index (χ1) is 6.27. The SMILES string of the molecule is CC.CNC(C)=O.c1ccncc1. The Morgan fingerprint density at radius 2 is 1.54 bits per heavy atom. The number of nitrogens with one attached hydrogen (secondary N) is 1. The minimum Gasteiger partial charge on any atom is -0.359 e. The van der Waals surface area contributed by atoms with Crippen molar-refractivity contribution >= 4 is 5.91 Å². The second-order valence-electron chi connectivity index (χ2n) is 1.83. The zero-order valence-electron chi connectivity index (χ0n) is 8.74. The van der Waals surface area contributed by atoms with Crippen LogP contribution >= 0.6 is 0 Å². The topological polar surface area (TPSA) is 42.0 Å². The summed E-state index contributed by atoms with van der Waals surface area (Å²) >= 11 is 0. The van der Waals surface area contributed by atoms with Crippen LogP contribution in [0, 0.1) is 0 Å². The van der Waals surface area contributed by atoms with Crippen LogP contribution in [0.5, 0.6) is 0 Å². The average Bonchev–Trinajstić information content (AvgIpc) is 2.24. The highest BCUT2D eigenvalue weighted by atomic mass is 16.1. The molecule has 0 aliphatic carbocycles. The van der Waals surface area contributed by atoms with Crippen molar-refractivity contribution in [3.8, 4) is 0 Å². The van der Waals surface area contributed by atoms with Crippen LogP contribution in [0.15, 0.2) is 30.6 Å². The molecule has 1 amide bonds. The molecule has 1 rings (SSSR count). The van der Waals surface area contributed by atoms with Gasteiger partial charge in [0.2, 0.25) is 5.91 Å². The number of aromatic nitrogens is 1. The van der Waals surface area contributed by atoms with Gasteiger partial charge < -0.3 is 5.32 Å². The van der Waals surface area contributed by atoms with Crippen molar-refractivity contribution in [1.82, 2.24) is 10.3 Å². The molecule has 0 aliphatic rings. The summed E-state index contributed by atoms with van der Waals surface area (Å²) in [6.07, 6.45) is 3.50. The van der Waals surface area contributed by atoms with E-state index >= 15 is 0 Å². The Morgan fingerprint density at radius 3 is 1.62 bits per heavy atom. The number of carbonyl (C=O) groups excluding carboxylic acids is 1. The molecule has 0 aliphatic heterocycles. The molecule has 74 valence electrons. The van der Waals surface area contributed by atoms with Gasteiger partial charge in [0.15, 0.2) is 0 Å². The van der Waals surface area contributed by atoms with Crippen molar-refractivity contribution in [2.45, 2.75) is 20.8 Å². The van der Waals surface area contributed by atoms with Gasteiger partial charge in [0.1, 0.15) is 0 Å². The Hall–Kier alpha value is -1.38. The van der Waals surface area contributed by atoms with Crippen LogP contribution in [0.1, 0.15) is 20.8 Å². The van der Waals surface area contributed by atoms with E-state index in [0.29, 0.717) is 0 Å². The molecule has 1 aromatic heterocycles. The highest BCUT2D eigenvalue weighted by molar-refractivity contribution is 5.72. The summed E-state index contributed by atoms with van der Waals surface area (Å²) in [6, 6.07) is 5.72. The van der Waals surface area contributed by atoms with Gasteiger partial charge in [-0.3, -0.25) is 9.78 Å². The molecule has 1 heterocycles. The van der Waals surface area contributed by atoms with E-state index in [1.54, 1.807) is 19.4 Å². The van der Waals surface area contributed by atoms with Crippen LogP contribution < -0.4 is 5.32 Å². The first-order valence-electron chi connectivity index (χ1n) is 4.30. The van der Waals surface area contributed by atoms with Gasteiger partial charge in [0, 0.05) is 26.4 Å². The molecule has 1 N–H and O–H groups in total. The van der Waals surface area contributed by atoms with Crippen LogP contribution in [0.25, 0.3) is 0 Å². The number of nitrogens with zero attached hydrogens (tertiary/aromatic N) is 1. The molecule has 0 saturated carbocycles. The first-order valence-corrected chi connectivity index (χ1v) is 4.30. The molecule has 13 heavy (non-hydrogen) atoms. The molecule has 0 fully saturated rings. The zero-order chi connectivity index (χ0) is 10.5. The Kier molecular flexibility index (Phi) is 14.4. The third kappa shape index (κ3) is 18.0. The molecule has 3 heteroatoms. The molecule has 0 atom stereocenters. The summed E-state index contributed by atoms with van der Waals surface area (Å²) in [5, 5.41) is 2.39. The largest absolute Gasteiger partial charge is 0.359 e. The lowest BCUT2D eigenvalue weighted by Gasteiger charge is -1.80. The smallest absolute Gasteiger partial charge is 0.216 e. The van der Waals surface area contributed by atoms with Crippen molar-refractivity contribution in [3.63, 3.8) is 0 Å². The van der Waals surface area contributed by atoms with Gasteiger partial charge in [-0.25, -0.2) is 0 Å². The van der Waals surface area contributed by atoms with Gasteiger partial charge >= 0.3 is 0 Å². The Labute approximate surface area is 80.2 Å². The molecular formula is C10H18N2O. The van der Waals surface area contributed by atoms with E-state index in [4.69, 9.17) is 0 Å². The molecule has 0 saturated heterocycles. The number of hydrogen-bond acceptors (Lipinski definition) is 2. The minimum atomic E-state index is 0.00463. The maximum Gasteiger partial charge on any atom is 0.216 e. The Morgan fingerprint density at radius 1 is 1.15 bits per heavy atom. The van der Waals surface area contributed by atoms with Crippen LogP contribution in [0.4, 0.5) is 0 Å². The van der Waals surface area contributed by atoms with E-state index in [9.17, 15) is 4.79 Å². The van der Waals surface area contributed by atoms with Crippen LogP contribution in [-0.2, 0) is 4.79 Å². The van der Waals surface area contributed by atoms with Gasteiger partial charge in [0.05, 0.1) is 0 Å². The normalized spacial score (nSPS) is 6.77. The third-order valence-corrected chi connectivity index (χ3v) is 0.919. The number of pyridine rings is 1. The first kappa shape index (κ1) is 14.2. The molecule has 3 nitrogen and oxygen atoms in total. The fourth-order valence-corrected chi connectivity index (χ4v) is 0.313. The highest BCUT2D eigenvalue weighted by Crippen LogP contribution is 1.73. The van der Waals surface area contributed by atoms with Gasteiger partial charge in [-0.1, -0.05) is 19.9 Å². The Balaban J connectivity index is 0. The number of carbonyl (C=O) groups is 1. The third-order valence-electron chi connectivity index (χ3n) is 0.919. The quantitative estimate of drug-likeness (QED) is 0.665. The predicted octanol–water partition coefficient (Wildman–Crippen LogP) is 1.86. The molecule has 1 aromatic rings. The summed E-state index contributed by atoms with van der Waals surface area (Å²) in [5.74, 6) is 0.00463. The van der Waals surface area contributed by atoms with Crippen LogP contribution in [0.2, 0.25) is 0 Å². The van der Waals surface area contributed by atoms with Crippen molar-refractivity contribution < 1.29 is 4.79 Å².